The first kappa shape index (κ1) is 9.97. The largest absolute Gasteiger partial charge is 0.340 e. The van der Waals surface area contributed by atoms with Gasteiger partial charge in [0.1, 0.15) is 0 Å². The Morgan fingerprint density at radius 2 is 2.14 bits per heavy atom. The summed E-state index contributed by atoms with van der Waals surface area (Å²) in [6, 6.07) is 0.0325. The predicted molar refractivity (Wildman–Crippen MR) is 56.0 cm³/mol. The van der Waals surface area contributed by atoms with E-state index in [0.29, 0.717) is 5.91 Å². The Morgan fingerprint density at radius 1 is 1.43 bits per heavy atom. The smallest absolute Gasteiger partial charge is 0.239 e. The molecule has 1 saturated heterocycles. The molecule has 0 aromatic rings. The SMILES string of the molecule is CC1NCCN(CC2CCCC2)C1=O. The van der Waals surface area contributed by atoms with Crippen LogP contribution in [0.2, 0.25) is 0 Å². The van der Waals surface area contributed by atoms with E-state index in [2.05, 4.69) is 10.2 Å². The Labute approximate surface area is 85.8 Å². The summed E-state index contributed by atoms with van der Waals surface area (Å²) in [6.07, 6.45) is 5.37. The van der Waals surface area contributed by atoms with Gasteiger partial charge >= 0.3 is 0 Å². The Balaban J connectivity index is 1.86. The van der Waals surface area contributed by atoms with E-state index in [1.54, 1.807) is 0 Å². The molecule has 1 amide bonds. The van der Waals surface area contributed by atoms with Crippen LogP contribution in [0.1, 0.15) is 32.6 Å². The first-order chi connectivity index (χ1) is 6.77. The van der Waals surface area contributed by atoms with Crippen molar-refractivity contribution in [3.05, 3.63) is 0 Å². The Morgan fingerprint density at radius 3 is 2.86 bits per heavy atom. The molecular formula is C11H20N2O. The van der Waals surface area contributed by atoms with Crippen molar-refractivity contribution >= 4 is 5.91 Å². The van der Waals surface area contributed by atoms with E-state index in [0.717, 1.165) is 25.6 Å². The highest BCUT2D eigenvalue weighted by Gasteiger charge is 2.27. The van der Waals surface area contributed by atoms with Gasteiger partial charge in [-0.05, 0) is 25.7 Å². The predicted octanol–water partition coefficient (Wildman–Crippen LogP) is 0.997. The van der Waals surface area contributed by atoms with Crippen molar-refractivity contribution in [2.24, 2.45) is 5.92 Å². The lowest BCUT2D eigenvalue weighted by atomic mass is 10.1. The highest BCUT2D eigenvalue weighted by atomic mass is 16.2. The van der Waals surface area contributed by atoms with Gasteiger partial charge in [0.2, 0.25) is 5.91 Å². The van der Waals surface area contributed by atoms with E-state index in [9.17, 15) is 4.79 Å². The molecular weight excluding hydrogens is 176 g/mol. The first-order valence-electron chi connectivity index (χ1n) is 5.79. The van der Waals surface area contributed by atoms with Crippen molar-refractivity contribution < 1.29 is 4.79 Å². The summed E-state index contributed by atoms with van der Waals surface area (Å²) in [5.41, 5.74) is 0. The monoisotopic (exact) mass is 196 g/mol. The summed E-state index contributed by atoms with van der Waals surface area (Å²) >= 11 is 0. The van der Waals surface area contributed by atoms with Gasteiger partial charge in [-0.15, -0.1) is 0 Å². The summed E-state index contributed by atoms with van der Waals surface area (Å²) in [5.74, 6) is 1.08. The summed E-state index contributed by atoms with van der Waals surface area (Å²) in [6.45, 7) is 4.83. The van der Waals surface area contributed by atoms with Crippen molar-refractivity contribution in [3.8, 4) is 0 Å². The second-order valence-electron chi connectivity index (χ2n) is 4.61. The van der Waals surface area contributed by atoms with Crippen LogP contribution in [0.3, 0.4) is 0 Å². The number of hydrogen-bond acceptors (Lipinski definition) is 2. The number of rotatable bonds is 2. The summed E-state index contributed by atoms with van der Waals surface area (Å²) in [5, 5.41) is 3.20. The number of hydrogen-bond donors (Lipinski definition) is 1. The molecule has 1 heterocycles. The molecule has 0 spiro atoms. The van der Waals surface area contributed by atoms with Crippen LogP contribution in [0.4, 0.5) is 0 Å². The molecule has 0 bridgehead atoms. The van der Waals surface area contributed by atoms with Crippen LogP contribution in [0.5, 0.6) is 0 Å². The summed E-state index contributed by atoms with van der Waals surface area (Å²) < 4.78 is 0. The lowest BCUT2D eigenvalue weighted by Gasteiger charge is -2.33. The van der Waals surface area contributed by atoms with E-state index < -0.39 is 0 Å². The minimum Gasteiger partial charge on any atom is -0.340 e. The average Bonchev–Trinajstić information content (AvgIpc) is 2.66. The zero-order valence-corrected chi connectivity index (χ0v) is 8.96. The van der Waals surface area contributed by atoms with Gasteiger partial charge in [-0.1, -0.05) is 12.8 Å². The lowest BCUT2D eigenvalue weighted by molar-refractivity contribution is -0.135. The molecule has 1 unspecified atom stereocenters. The van der Waals surface area contributed by atoms with Crippen molar-refractivity contribution in [3.63, 3.8) is 0 Å². The number of amides is 1. The quantitative estimate of drug-likeness (QED) is 0.714. The number of carbonyl (C=O) groups excluding carboxylic acids is 1. The molecule has 3 nitrogen and oxygen atoms in total. The van der Waals surface area contributed by atoms with Gasteiger partial charge in [0.15, 0.2) is 0 Å². The molecule has 0 aromatic carbocycles. The normalized spacial score (nSPS) is 29.9. The zero-order valence-electron chi connectivity index (χ0n) is 8.96. The van der Waals surface area contributed by atoms with E-state index in [1.807, 2.05) is 6.92 Å². The van der Waals surface area contributed by atoms with Crippen molar-refractivity contribution in [2.75, 3.05) is 19.6 Å². The van der Waals surface area contributed by atoms with Gasteiger partial charge in [-0.2, -0.15) is 0 Å². The number of nitrogens with zero attached hydrogens (tertiary/aromatic N) is 1. The maximum Gasteiger partial charge on any atom is 0.239 e. The van der Waals surface area contributed by atoms with E-state index >= 15 is 0 Å². The van der Waals surface area contributed by atoms with Crippen molar-refractivity contribution in [2.45, 2.75) is 38.6 Å². The van der Waals surface area contributed by atoms with Gasteiger partial charge in [-0.3, -0.25) is 4.79 Å². The lowest BCUT2D eigenvalue weighted by Crippen LogP contribution is -2.54. The molecule has 2 fully saturated rings. The molecule has 0 radical (unpaired) electrons. The van der Waals surface area contributed by atoms with Crippen LogP contribution in [0.15, 0.2) is 0 Å². The minimum atomic E-state index is 0.0325. The van der Waals surface area contributed by atoms with E-state index in [-0.39, 0.29) is 6.04 Å². The van der Waals surface area contributed by atoms with Crippen LogP contribution < -0.4 is 5.32 Å². The third-order valence-electron chi connectivity index (χ3n) is 3.47. The standard InChI is InChI=1S/C11H20N2O/c1-9-11(14)13(7-6-12-9)8-10-4-2-3-5-10/h9-10,12H,2-8H2,1H3. The maximum absolute atomic E-state index is 11.8. The highest BCUT2D eigenvalue weighted by Crippen LogP contribution is 2.25. The fourth-order valence-corrected chi connectivity index (χ4v) is 2.57. The molecule has 1 aliphatic carbocycles. The number of carbonyl (C=O) groups is 1. The molecule has 1 atom stereocenters. The second kappa shape index (κ2) is 4.30. The van der Waals surface area contributed by atoms with Crippen molar-refractivity contribution in [1.82, 2.24) is 10.2 Å². The molecule has 80 valence electrons. The topological polar surface area (TPSA) is 32.3 Å². The third kappa shape index (κ3) is 2.08. The first-order valence-corrected chi connectivity index (χ1v) is 5.79. The summed E-state index contributed by atoms with van der Waals surface area (Å²) in [4.78, 5) is 13.8. The second-order valence-corrected chi connectivity index (χ2v) is 4.61. The van der Waals surface area contributed by atoms with Crippen LogP contribution >= 0.6 is 0 Å². The molecule has 3 heteroatoms. The van der Waals surface area contributed by atoms with E-state index in [1.165, 1.54) is 25.7 Å². The highest BCUT2D eigenvalue weighted by molar-refractivity contribution is 5.82. The fraction of sp³-hybridized carbons (Fsp3) is 0.909. The van der Waals surface area contributed by atoms with Crippen LogP contribution in [-0.2, 0) is 4.79 Å². The molecule has 2 aliphatic rings. The Bertz CT molecular complexity index is 211. The van der Waals surface area contributed by atoms with Crippen molar-refractivity contribution in [1.29, 1.82) is 0 Å². The van der Waals surface area contributed by atoms with Gasteiger partial charge in [0.25, 0.3) is 0 Å². The van der Waals surface area contributed by atoms with Crippen LogP contribution in [0, 0.1) is 5.92 Å². The molecule has 14 heavy (non-hydrogen) atoms. The van der Waals surface area contributed by atoms with Gasteiger partial charge in [-0.25, -0.2) is 0 Å². The van der Waals surface area contributed by atoms with Crippen LogP contribution in [-0.4, -0.2) is 36.5 Å². The molecule has 0 aromatic heterocycles. The Hall–Kier alpha value is -0.570. The molecule has 2 rings (SSSR count). The zero-order chi connectivity index (χ0) is 9.97. The Kier molecular flexibility index (Phi) is 3.06. The fourth-order valence-electron chi connectivity index (χ4n) is 2.57. The minimum absolute atomic E-state index is 0.0325. The summed E-state index contributed by atoms with van der Waals surface area (Å²) in [7, 11) is 0. The van der Waals surface area contributed by atoms with Gasteiger partial charge in [0.05, 0.1) is 6.04 Å². The number of nitrogens with one attached hydrogen (secondary N) is 1. The molecule has 1 aliphatic heterocycles. The third-order valence-corrected chi connectivity index (χ3v) is 3.47. The van der Waals surface area contributed by atoms with E-state index in [4.69, 9.17) is 0 Å². The number of piperazine rings is 1. The van der Waals surface area contributed by atoms with Gasteiger partial charge < -0.3 is 10.2 Å². The molecule has 1 saturated carbocycles. The maximum atomic E-state index is 11.8. The van der Waals surface area contributed by atoms with Crippen LogP contribution in [0.25, 0.3) is 0 Å². The van der Waals surface area contributed by atoms with Gasteiger partial charge in [0, 0.05) is 19.6 Å². The average molecular weight is 196 g/mol. The molecule has 1 N–H and O–H groups in total.